The summed E-state index contributed by atoms with van der Waals surface area (Å²) in [5.74, 6) is -0.544. The zero-order valence-corrected chi connectivity index (χ0v) is 11.7. The van der Waals surface area contributed by atoms with Crippen molar-refractivity contribution in [2.24, 2.45) is 0 Å². The predicted octanol–water partition coefficient (Wildman–Crippen LogP) is 2.64. The SMILES string of the molecule is C1CCNCC1.COc1ccc(C(C)C(=O)O)cc1. The predicted molar refractivity (Wildman–Crippen MR) is 75.8 cm³/mol. The largest absolute Gasteiger partial charge is 0.497 e. The van der Waals surface area contributed by atoms with Gasteiger partial charge < -0.3 is 15.2 Å². The molecule has 19 heavy (non-hydrogen) atoms. The third kappa shape index (κ3) is 5.75. The summed E-state index contributed by atoms with van der Waals surface area (Å²) in [5, 5.41) is 12.0. The average Bonchev–Trinajstić information content (AvgIpc) is 2.49. The molecule has 0 aromatic heterocycles. The quantitative estimate of drug-likeness (QED) is 0.882. The van der Waals surface area contributed by atoms with Crippen LogP contribution in [0.4, 0.5) is 0 Å². The fourth-order valence-corrected chi connectivity index (χ4v) is 1.84. The number of piperidine rings is 1. The highest BCUT2D eigenvalue weighted by Crippen LogP contribution is 2.18. The van der Waals surface area contributed by atoms with Gasteiger partial charge in [-0.05, 0) is 50.6 Å². The van der Waals surface area contributed by atoms with Gasteiger partial charge in [0.1, 0.15) is 5.75 Å². The normalized spacial score (nSPS) is 15.9. The Labute approximate surface area is 114 Å². The molecule has 0 amide bonds. The molecule has 0 aliphatic carbocycles. The monoisotopic (exact) mass is 265 g/mol. The van der Waals surface area contributed by atoms with Crippen molar-refractivity contribution in [3.63, 3.8) is 0 Å². The zero-order valence-electron chi connectivity index (χ0n) is 11.7. The molecule has 4 heteroatoms. The van der Waals surface area contributed by atoms with Crippen molar-refractivity contribution in [3.05, 3.63) is 29.8 Å². The smallest absolute Gasteiger partial charge is 0.310 e. The Morgan fingerprint density at radius 2 is 1.79 bits per heavy atom. The van der Waals surface area contributed by atoms with Crippen molar-refractivity contribution in [3.8, 4) is 5.75 Å². The summed E-state index contributed by atoms with van der Waals surface area (Å²) >= 11 is 0. The van der Waals surface area contributed by atoms with E-state index in [1.807, 2.05) is 0 Å². The maximum absolute atomic E-state index is 10.6. The van der Waals surface area contributed by atoms with Crippen molar-refractivity contribution in [1.82, 2.24) is 5.32 Å². The maximum Gasteiger partial charge on any atom is 0.310 e. The van der Waals surface area contributed by atoms with E-state index >= 15 is 0 Å². The minimum atomic E-state index is -0.815. The lowest BCUT2D eigenvalue weighted by atomic mass is 10.0. The topological polar surface area (TPSA) is 58.6 Å². The van der Waals surface area contributed by atoms with Crippen molar-refractivity contribution < 1.29 is 14.6 Å². The Balaban J connectivity index is 0.000000250. The third-order valence-corrected chi connectivity index (χ3v) is 3.19. The van der Waals surface area contributed by atoms with Crippen LogP contribution >= 0.6 is 0 Å². The molecule has 0 saturated carbocycles. The van der Waals surface area contributed by atoms with Crippen molar-refractivity contribution in [2.75, 3.05) is 20.2 Å². The van der Waals surface area contributed by atoms with Gasteiger partial charge in [0, 0.05) is 0 Å². The van der Waals surface area contributed by atoms with E-state index < -0.39 is 11.9 Å². The van der Waals surface area contributed by atoms with Crippen molar-refractivity contribution in [1.29, 1.82) is 0 Å². The first-order valence-electron chi connectivity index (χ1n) is 6.72. The van der Waals surface area contributed by atoms with E-state index in [9.17, 15) is 4.79 Å². The number of rotatable bonds is 3. The summed E-state index contributed by atoms with van der Waals surface area (Å²) in [5.41, 5.74) is 0.785. The summed E-state index contributed by atoms with van der Waals surface area (Å²) < 4.78 is 4.96. The van der Waals surface area contributed by atoms with Gasteiger partial charge in [-0.2, -0.15) is 0 Å². The highest BCUT2D eigenvalue weighted by atomic mass is 16.5. The fraction of sp³-hybridized carbons (Fsp3) is 0.533. The molecule has 1 aliphatic heterocycles. The number of hydrogen-bond acceptors (Lipinski definition) is 3. The van der Waals surface area contributed by atoms with Crippen LogP contribution < -0.4 is 10.1 Å². The first-order valence-corrected chi connectivity index (χ1v) is 6.72. The second kappa shape index (κ2) is 8.53. The molecule has 1 aromatic rings. The molecule has 1 aromatic carbocycles. The lowest BCUT2D eigenvalue weighted by molar-refractivity contribution is -0.138. The van der Waals surface area contributed by atoms with Crippen molar-refractivity contribution in [2.45, 2.75) is 32.1 Å². The molecular formula is C15H23NO3. The van der Waals surface area contributed by atoms with Crippen LogP contribution in [0.1, 0.15) is 37.7 Å². The molecule has 0 spiro atoms. The standard InChI is InChI=1S/C10H12O3.C5H11N/c1-7(10(11)12)8-3-5-9(13-2)6-4-8;1-2-4-6-5-3-1/h3-7H,1-2H3,(H,11,12);6H,1-5H2. The number of carbonyl (C=O) groups is 1. The summed E-state index contributed by atoms with van der Waals surface area (Å²) in [6.45, 7) is 4.16. The molecule has 1 aliphatic rings. The minimum absolute atomic E-state index is 0.467. The van der Waals surface area contributed by atoms with E-state index in [0.29, 0.717) is 0 Å². The van der Waals surface area contributed by atoms with Crippen LogP contribution in [0.3, 0.4) is 0 Å². The molecule has 4 nitrogen and oxygen atoms in total. The van der Waals surface area contributed by atoms with Gasteiger partial charge in [0.25, 0.3) is 0 Å². The lowest BCUT2D eigenvalue weighted by Gasteiger charge is -2.08. The summed E-state index contributed by atoms with van der Waals surface area (Å²) in [6, 6.07) is 7.04. The van der Waals surface area contributed by atoms with Crippen LogP contribution in [0, 0.1) is 0 Å². The molecule has 1 saturated heterocycles. The maximum atomic E-state index is 10.6. The third-order valence-electron chi connectivity index (χ3n) is 3.19. The second-order valence-corrected chi connectivity index (χ2v) is 4.64. The van der Waals surface area contributed by atoms with Gasteiger partial charge in [-0.15, -0.1) is 0 Å². The first kappa shape index (κ1) is 15.5. The second-order valence-electron chi connectivity index (χ2n) is 4.64. The van der Waals surface area contributed by atoms with Crippen LogP contribution in [-0.4, -0.2) is 31.3 Å². The van der Waals surface area contributed by atoms with E-state index in [1.165, 1.54) is 32.4 Å². The molecule has 2 N–H and O–H groups in total. The molecule has 1 atom stereocenters. The van der Waals surface area contributed by atoms with E-state index in [1.54, 1.807) is 38.3 Å². The van der Waals surface area contributed by atoms with Crippen LogP contribution in [0.15, 0.2) is 24.3 Å². The fourth-order valence-electron chi connectivity index (χ4n) is 1.84. The average molecular weight is 265 g/mol. The number of hydrogen-bond donors (Lipinski definition) is 2. The Morgan fingerprint density at radius 3 is 2.11 bits per heavy atom. The lowest BCUT2D eigenvalue weighted by Crippen LogP contribution is -2.21. The highest BCUT2D eigenvalue weighted by molar-refractivity contribution is 5.75. The Morgan fingerprint density at radius 1 is 1.21 bits per heavy atom. The summed E-state index contributed by atoms with van der Waals surface area (Å²) in [7, 11) is 1.58. The zero-order chi connectivity index (χ0) is 14.1. The van der Waals surface area contributed by atoms with Gasteiger partial charge in [-0.1, -0.05) is 18.6 Å². The van der Waals surface area contributed by atoms with Gasteiger partial charge in [0.2, 0.25) is 0 Å². The van der Waals surface area contributed by atoms with Gasteiger partial charge in [-0.3, -0.25) is 4.79 Å². The number of ether oxygens (including phenoxy) is 1. The van der Waals surface area contributed by atoms with E-state index in [-0.39, 0.29) is 0 Å². The molecule has 106 valence electrons. The molecule has 1 heterocycles. The van der Waals surface area contributed by atoms with Gasteiger partial charge in [-0.25, -0.2) is 0 Å². The van der Waals surface area contributed by atoms with Crippen LogP contribution in [0.5, 0.6) is 5.75 Å². The highest BCUT2D eigenvalue weighted by Gasteiger charge is 2.12. The Kier molecular flexibility index (Phi) is 6.97. The molecule has 2 rings (SSSR count). The molecule has 1 fully saturated rings. The number of methoxy groups -OCH3 is 1. The van der Waals surface area contributed by atoms with E-state index in [0.717, 1.165) is 11.3 Å². The molecule has 0 radical (unpaired) electrons. The molecule has 1 unspecified atom stereocenters. The van der Waals surface area contributed by atoms with Crippen LogP contribution in [0.25, 0.3) is 0 Å². The van der Waals surface area contributed by atoms with Gasteiger partial charge >= 0.3 is 5.97 Å². The summed E-state index contributed by atoms with van der Waals surface area (Å²) in [4.78, 5) is 10.6. The van der Waals surface area contributed by atoms with E-state index in [2.05, 4.69) is 5.32 Å². The number of carboxylic acids is 1. The number of carboxylic acid groups (broad SMARTS) is 1. The summed E-state index contributed by atoms with van der Waals surface area (Å²) in [6.07, 6.45) is 4.22. The number of nitrogens with one attached hydrogen (secondary N) is 1. The minimum Gasteiger partial charge on any atom is -0.497 e. The number of benzene rings is 1. The first-order chi connectivity index (χ1) is 9.15. The van der Waals surface area contributed by atoms with Crippen molar-refractivity contribution >= 4 is 5.97 Å². The number of aliphatic carboxylic acids is 1. The van der Waals surface area contributed by atoms with Crippen LogP contribution in [0.2, 0.25) is 0 Å². The van der Waals surface area contributed by atoms with E-state index in [4.69, 9.17) is 9.84 Å². The Hall–Kier alpha value is -1.55. The van der Waals surface area contributed by atoms with Gasteiger partial charge in [0.05, 0.1) is 13.0 Å². The molecule has 0 bridgehead atoms. The Bertz CT molecular complexity index is 360. The molecular weight excluding hydrogens is 242 g/mol. The van der Waals surface area contributed by atoms with Gasteiger partial charge in [0.15, 0.2) is 0 Å². The van der Waals surface area contributed by atoms with Crippen LogP contribution in [-0.2, 0) is 4.79 Å².